The van der Waals surface area contributed by atoms with E-state index in [2.05, 4.69) is 0 Å². The zero-order valence-electron chi connectivity index (χ0n) is 15.2. The molecular weight excluding hydrogens is 418 g/mol. The molecule has 1 atom stereocenters. The molecule has 1 aromatic rings. The molecule has 2 fully saturated rings. The summed E-state index contributed by atoms with van der Waals surface area (Å²) in [5, 5.41) is 10.4. The smallest absolute Gasteiger partial charge is 0.357 e. The van der Waals surface area contributed by atoms with Crippen LogP contribution in [0.4, 0.5) is 10.5 Å². The molecule has 0 saturated carbocycles. The van der Waals surface area contributed by atoms with Crippen molar-refractivity contribution in [3.8, 4) is 0 Å². The van der Waals surface area contributed by atoms with Crippen LogP contribution in [0.15, 0.2) is 34.2 Å². The maximum Gasteiger partial charge on any atom is 0.357 e. The van der Waals surface area contributed by atoms with E-state index in [0.29, 0.717) is 29.3 Å². The second-order valence-corrected chi connectivity index (χ2v) is 9.15. The first-order valence-electron chi connectivity index (χ1n) is 9.04. The maximum atomic E-state index is 12.7. The Labute approximate surface area is 174 Å². The first kappa shape index (κ1) is 19.8. The summed E-state index contributed by atoms with van der Waals surface area (Å²) in [4.78, 5) is 50.5. The molecule has 2 amide bonds. The summed E-state index contributed by atoms with van der Waals surface area (Å²) in [6.07, 6.45) is 2.26. The first-order valence-corrected chi connectivity index (χ1v) is 10.7. The molecule has 4 rings (SSSR count). The van der Waals surface area contributed by atoms with Crippen molar-refractivity contribution in [2.45, 2.75) is 31.2 Å². The van der Waals surface area contributed by atoms with E-state index in [0.717, 1.165) is 24.6 Å². The van der Waals surface area contributed by atoms with E-state index >= 15 is 0 Å². The average molecular weight is 435 g/mol. The van der Waals surface area contributed by atoms with Gasteiger partial charge in [0.1, 0.15) is 6.61 Å². The van der Waals surface area contributed by atoms with E-state index in [9.17, 15) is 24.5 Å². The minimum Gasteiger partial charge on any atom is -0.456 e. The number of esters is 1. The van der Waals surface area contributed by atoms with Gasteiger partial charge in [0.15, 0.2) is 5.70 Å². The second-order valence-electron chi connectivity index (χ2n) is 6.74. The number of non-ortho nitro benzene ring substituents is 1. The molecule has 1 aromatic carbocycles. The Hall–Kier alpha value is -2.53. The minimum absolute atomic E-state index is 0.0527. The number of likely N-dealkylation sites (tertiary alicyclic amines) is 1. The third-order valence-corrected chi connectivity index (χ3v) is 7.25. The normalized spacial score (nSPS) is 20.6. The Kier molecular flexibility index (Phi) is 5.50. The first-order chi connectivity index (χ1) is 13.9. The number of nitrogens with zero attached hydrogens (tertiary/aromatic N) is 3. The highest BCUT2D eigenvalue weighted by molar-refractivity contribution is 8.29. The van der Waals surface area contributed by atoms with Gasteiger partial charge in [-0.15, -0.1) is 0 Å². The van der Waals surface area contributed by atoms with Crippen molar-refractivity contribution in [1.29, 1.82) is 0 Å². The molecule has 0 radical (unpaired) electrons. The number of carbonyl (C=O) groups is 3. The van der Waals surface area contributed by atoms with E-state index in [1.807, 2.05) is 0 Å². The summed E-state index contributed by atoms with van der Waals surface area (Å²) < 4.78 is 5.83. The highest BCUT2D eigenvalue weighted by Crippen LogP contribution is 2.51. The third-order valence-electron chi connectivity index (χ3n) is 4.84. The van der Waals surface area contributed by atoms with E-state index in [-0.39, 0.29) is 34.5 Å². The number of hydrogen-bond donors (Lipinski definition) is 0. The van der Waals surface area contributed by atoms with Crippen LogP contribution in [0.2, 0.25) is 0 Å². The molecule has 0 N–H and O–H groups in total. The van der Waals surface area contributed by atoms with Crippen LogP contribution in [0, 0.1) is 10.1 Å². The van der Waals surface area contributed by atoms with Gasteiger partial charge in [-0.05, 0) is 42.3 Å². The molecule has 3 heterocycles. The molecular formula is C18H17N3O6S2. The van der Waals surface area contributed by atoms with Crippen molar-refractivity contribution >= 4 is 46.3 Å². The van der Waals surface area contributed by atoms with Gasteiger partial charge in [-0.3, -0.25) is 24.6 Å². The average Bonchev–Trinajstić information content (AvgIpc) is 3.33. The van der Waals surface area contributed by atoms with Gasteiger partial charge >= 0.3 is 5.97 Å². The fourth-order valence-electron chi connectivity index (χ4n) is 3.26. The SMILES string of the molecule is O=C(OCc1ccc([N+](=O)[O-])cc1)C1=C(SC(=O)N2CCCC2)SC2CC(=O)N12. The van der Waals surface area contributed by atoms with Crippen molar-refractivity contribution in [3.05, 3.63) is 49.9 Å². The van der Waals surface area contributed by atoms with Crippen LogP contribution in [-0.2, 0) is 20.9 Å². The van der Waals surface area contributed by atoms with Crippen LogP contribution in [-0.4, -0.2) is 50.3 Å². The number of thioether (sulfide) groups is 2. The van der Waals surface area contributed by atoms with Crippen LogP contribution in [0.1, 0.15) is 24.8 Å². The molecule has 2 saturated heterocycles. The number of nitro groups is 1. The number of fused-ring (bicyclic) bond motifs is 1. The van der Waals surface area contributed by atoms with Gasteiger partial charge in [0, 0.05) is 25.2 Å². The van der Waals surface area contributed by atoms with Crippen LogP contribution in [0.25, 0.3) is 0 Å². The van der Waals surface area contributed by atoms with Crippen molar-refractivity contribution in [1.82, 2.24) is 9.80 Å². The zero-order valence-corrected chi connectivity index (χ0v) is 16.9. The molecule has 11 heteroatoms. The largest absolute Gasteiger partial charge is 0.456 e. The van der Waals surface area contributed by atoms with Crippen LogP contribution in [0.3, 0.4) is 0 Å². The lowest BCUT2D eigenvalue weighted by molar-refractivity contribution is -0.384. The van der Waals surface area contributed by atoms with Gasteiger partial charge < -0.3 is 9.64 Å². The molecule has 0 bridgehead atoms. The molecule has 9 nitrogen and oxygen atoms in total. The van der Waals surface area contributed by atoms with Gasteiger partial charge in [0.05, 0.1) is 21.0 Å². The monoisotopic (exact) mass is 435 g/mol. The van der Waals surface area contributed by atoms with Gasteiger partial charge in [0.2, 0.25) is 5.91 Å². The summed E-state index contributed by atoms with van der Waals surface area (Å²) >= 11 is 2.32. The number of β-lactam (4-membered cyclic amide) rings is 1. The number of rotatable bonds is 5. The zero-order chi connectivity index (χ0) is 20.5. The number of amides is 2. The lowest BCUT2D eigenvalue weighted by atomic mass is 10.2. The molecule has 0 spiro atoms. The number of benzene rings is 1. The predicted octanol–water partition coefficient (Wildman–Crippen LogP) is 3.06. The number of ether oxygens (including phenoxy) is 1. The molecule has 29 heavy (non-hydrogen) atoms. The molecule has 3 aliphatic heterocycles. The van der Waals surface area contributed by atoms with Gasteiger partial charge in [0.25, 0.3) is 10.9 Å². The second kappa shape index (κ2) is 8.07. The fraction of sp³-hybridized carbons (Fsp3) is 0.389. The molecule has 1 unspecified atom stereocenters. The van der Waals surface area contributed by atoms with Crippen molar-refractivity contribution in [2.24, 2.45) is 0 Å². The number of hydrogen-bond acceptors (Lipinski definition) is 8. The molecule has 152 valence electrons. The topological polar surface area (TPSA) is 110 Å². The highest BCUT2D eigenvalue weighted by Gasteiger charge is 2.49. The van der Waals surface area contributed by atoms with Crippen molar-refractivity contribution < 1.29 is 24.0 Å². The van der Waals surface area contributed by atoms with Crippen molar-refractivity contribution in [3.63, 3.8) is 0 Å². The van der Waals surface area contributed by atoms with Crippen LogP contribution < -0.4 is 0 Å². The lowest BCUT2D eigenvalue weighted by Gasteiger charge is -2.34. The van der Waals surface area contributed by atoms with E-state index in [1.165, 1.54) is 40.9 Å². The van der Waals surface area contributed by atoms with Gasteiger partial charge in [-0.25, -0.2) is 4.79 Å². The summed E-state index contributed by atoms with van der Waals surface area (Å²) in [7, 11) is 0. The number of nitro benzene ring substituents is 1. The van der Waals surface area contributed by atoms with E-state index in [4.69, 9.17) is 4.74 Å². The van der Waals surface area contributed by atoms with Crippen LogP contribution in [0.5, 0.6) is 0 Å². The molecule has 0 aliphatic carbocycles. The van der Waals surface area contributed by atoms with E-state index in [1.54, 1.807) is 4.90 Å². The predicted molar refractivity (Wildman–Crippen MR) is 107 cm³/mol. The summed E-state index contributed by atoms with van der Waals surface area (Å²) in [6, 6.07) is 5.68. The summed E-state index contributed by atoms with van der Waals surface area (Å²) in [5.41, 5.74) is 0.655. The Morgan fingerprint density at radius 1 is 1.24 bits per heavy atom. The molecule has 0 aromatic heterocycles. The van der Waals surface area contributed by atoms with Crippen LogP contribution >= 0.6 is 23.5 Å². The van der Waals surface area contributed by atoms with Crippen molar-refractivity contribution in [2.75, 3.05) is 13.1 Å². The maximum absolute atomic E-state index is 12.7. The summed E-state index contributed by atoms with van der Waals surface area (Å²) in [5.74, 6) is -0.850. The number of carbonyl (C=O) groups excluding carboxylic acids is 3. The Bertz CT molecular complexity index is 911. The van der Waals surface area contributed by atoms with E-state index < -0.39 is 10.9 Å². The fourth-order valence-corrected chi connectivity index (χ4v) is 5.84. The lowest BCUT2D eigenvalue weighted by Crippen LogP contribution is -2.48. The quantitative estimate of drug-likeness (QED) is 0.300. The standard InChI is InChI=1S/C18H17N3O6S2/c22-13-9-14-20(13)15(17(28-14)29-18(24)19-7-1-2-8-19)16(23)27-10-11-3-5-12(6-4-11)21(25)26/h3-6,14H,1-2,7-10H2. The van der Waals surface area contributed by atoms with Gasteiger partial charge in [-0.2, -0.15) is 0 Å². The summed E-state index contributed by atoms with van der Waals surface area (Å²) in [6.45, 7) is 1.32. The molecule has 3 aliphatic rings. The minimum atomic E-state index is -0.678. The Morgan fingerprint density at radius 3 is 2.55 bits per heavy atom. The third kappa shape index (κ3) is 3.97. The highest BCUT2D eigenvalue weighted by atomic mass is 32.2. The Morgan fingerprint density at radius 2 is 1.93 bits per heavy atom. The van der Waals surface area contributed by atoms with Gasteiger partial charge in [-0.1, -0.05) is 11.8 Å². The Balaban J connectivity index is 1.46.